The molecule has 4 rings (SSSR count). The molecule has 0 bridgehead atoms. The maximum atomic E-state index is 13.1. The average molecular weight is 441 g/mol. The molecular weight excluding hydrogens is 412 g/mol. The van der Waals surface area contributed by atoms with Crippen LogP contribution in [0.2, 0.25) is 0 Å². The monoisotopic (exact) mass is 440 g/mol. The minimum atomic E-state index is -0.0545. The second-order valence-corrected chi connectivity index (χ2v) is 8.27. The molecule has 0 aliphatic carbocycles. The van der Waals surface area contributed by atoms with Crippen molar-refractivity contribution in [2.75, 3.05) is 26.2 Å². The SMILES string of the molecule is C#CCOc1ccc(CCNC(=O)C2CCN(C(=O)c3cccc4ccccc34)CC2)cc1. The number of nitrogens with zero attached hydrogens (tertiary/aromatic N) is 1. The molecule has 0 spiro atoms. The predicted octanol–water partition coefficient (Wildman–Crippen LogP) is 4.06. The van der Waals surface area contributed by atoms with Crippen molar-refractivity contribution >= 4 is 22.6 Å². The van der Waals surface area contributed by atoms with E-state index < -0.39 is 0 Å². The summed E-state index contributed by atoms with van der Waals surface area (Å²) in [5, 5.41) is 5.08. The Kier molecular flexibility index (Phi) is 7.26. The van der Waals surface area contributed by atoms with Gasteiger partial charge in [0, 0.05) is 31.1 Å². The lowest BCUT2D eigenvalue weighted by atomic mass is 9.94. The van der Waals surface area contributed by atoms with Crippen LogP contribution in [0.15, 0.2) is 66.7 Å². The van der Waals surface area contributed by atoms with E-state index in [1.165, 1.54) is 0 Å². The molecule has 0 saturated carbocycles. The van der Waals surface area contributed by atoms with Gasteiger partial charge in [-0.15, -0.1) is 6.42 Å². The van der Waals surface area contributed by atoms with E-state index in [9.17, 15) is 9.59 Å². The van der Waals surface area contributed by atoms with E-state index in [0.29, 0.717) is 32.5 Å². The molecule has 3 aromatic rings. The summed E-state index contributed by atoms with van der Waals surface area (Å²) < 4.78 is 5.37. The number of likely N-dealkylation sites (tertiary alicyclic amines) is 1. The fourth-order valence-corrected chi connectivity index (χ4v) is 4.28. The maximum Gasteiger partial charge on any atom is 0.254 e. The largest absolute Gasteiger partial charge is 0.481 e. The molecule has 5 heteroatoms. The first kappa shape index (κ1) is 22.4. The second-order valence-electron chi connectivity index (χ2n) is 8.27. The Hall–Kier alpha value is -3.78. The van der Waals surface area contributed by atoms with Gasteiger partial charge in [0.1, 0.15) is 12.4 Å². The van der Waals surface area contributed by atoms with Crippen molar-refractivity contribution in [3.8, 4) is 18.1 Å². The van der Waals surface area contributed by atoms with Crippen LogP contribution in [0.4, 0.5) is 0 Å². The first-order valence-electron chi connectivity index (χ1n) is 11.4. The van der Waals surface area contributed by atoms with E-state index >= 15 is 0 Å². The lowest BCUT2D eigenvalue weighted by molar-refractivity contribution is -0.126. The molecule has 0 atom stereocenters. The number of nitrogens with one attached hydrogen (secondary N) is 1. The molecule has 1 saturated heterocycles. The highest BCUT2D eigenvalue weighted by Crippen LogP contribution is 2.23. The number of ether oxygens (including phenoxy) is 1. The highest BCUT2D eigenvalue weighted by molar-refractivity contribution is 6.07. The number of piperidine rings is 1. The molecule has 1 heterocycles. The van der Waals surface area contributed by atoms with Crippen molar-refractivity contribution in [1.82, 2.24) is 10.2 Å². The van der Waals surface area contributed by atoms with E-state index in [1.54, 1.807) is 0 Å². The van der Waals surface area contributed by atoms with Gasteiger partial charge in [0.25, 0.3) is 5.91 Å². The first-order valence-corrected chi connectivity index (χ1v) is 11.4. The van der Waals surface area contributed by atoms with Crippen molar-refractivity contribution in [1.29, 1.82) is 0 Å². The number of fused-ring (bicyclic) bond motifs is 1. The molecule has 168 valence electrons. The molecule has 1 N–H and O–H groups in total. The molecule has 33 heavy (non-hydrogen) atoms. The number of carbonyl (C=O) groups excluding carboxylic acids is 2. The van der Waals surface area contributed by atoms with Crippen LogP contribution in [0.3, 0.4) is 0 Å². The van der Waals surface area contributed by atoms with E-state index in [0.717, 1.165) is 34.1 Å². The Morgan fingerprint density at radius 2 is 1.73 bits per heavy atom. The smallest absolute Gasteiger partial charge is 0.254 e. The maximum absolute atomic E-state index is 13.1. The third kappa shape index (κ3) is 5.53. The molecule has 0 radical (unpaired) electrons. The van der Waals surface area contributed by atoms with Crippen molar-refractivity contribution in [3.63, 3.8) is 0 Å². The number of hydrogen-bond acceptors (Lipinski definition) is 3. The zero-order chi connectivity index (χ0) is 23.0. The lowest BCUT2D eigenvalue weighted by Crippen LogP contribution is -2.43. The Labute approximate surface area is 194 Å². The van der Waals surface area contributed by atoms with Gasteiger partial charge in [-0.25, -0.2) is 0 Å². The van der Waals surface area contributed by atoms with Crippen LogP contribution in [0, 0.1) is 18.3 Å². The molecular formula is C28H28N2O3. The van der Waals surface area contributed by atoms with E-state index in [4.69, 9.17) is 11.2 Å². The minimum absolute atomic E-state index is 0.0420. The molecule has 0 aromatic heterocycles. The summed E-state index contributed by atoms with van der Waals surface area (Å²) in [4.78, 5) is 27.6. The number of benzene rings is 3. The minimum Gasteiger partial charge on any atom is -0.481 e. The third-order valence-corrected chi connectivity index (χ3v) is 6.13. The summed E-state index contributed by atoms with van der Waals surface area (Å²) in [6.45, 7) is 2.03. The molecule has 1 fully saturated rings. The van der Waals surface area contributed by atoms with Crippen LogP contribution in [0.1, 0.15) is 28.8 Å². The van der Waals surface area contributed by atoms with Gasteiger partial charge >= 0.3 is 0 Å². The van der Waals surface area contributed by atoms with Crippen LogP contribution in [-0.2, 0) is 11.2 Å². The van der Waals surface area contributed by atoms with Gasteiger partial charge in [-0.1, -0.05) is 54.5 Å². The molecule has 5 nitrogen and oxygen atoms in total. The fourth-order valence-electron chi connectivity index (χ4n) is 4.28. The van der Waals surface area contributed by atoms with Gasteiger partial charge in [0.05, 0.1) is 0 Å². The van der Waals surface area contributed by atoms with Crippen molar-refractivity contribution < 1.29 is 14.3 Å². The zero-order valence-electron chi connectivity index (χ0n) is 18.6. The highest BCUT2D eigenvalue weighted by Gasteiger charge is 2.28. The van der Waals surface area contributed by atoms with Gasteiger partial charge in [0.15, 0.2) is 0 Å². The predicted molar refractivity (Wildman–Crippen MR) is 130 cm³/mol. The summed E-state index contributed by atoms with van der Waals surface area (Å²) in [5.41, 5.74) is 1.85. The first-order chi connectivity index (χ1) is 16.2. The Morgan fingerprint density at radius 1 is 1.00 bits per heavy atom. The second kappa shape index (κ2) is 10.7. The number of hydrogen-bond donors (Lipinski definition) is 1. The fraction of sp³-hybridized carbons (Fsp3) is 0.286. The lowest BCUT2D eigenvalue weighted by Gasteiger charge is -2.31. The molecule has 1 aliphatic heterocycles. The number of carbonyl (C=O) groups is 2. The Morgan fingerprint density at radius 3 is 2.48 bits per heavy atom. The van der Waals surface area contributed by atoms with Gasteiger partial charge in [0.2, 0.25) is 5.91 Å². The summed E-state index contributed by atoms with van der Waals surface area (Å²) in [7, 11) is 0. The van der Waals surface area contributed by atoms with Crippen molar-refractivity contribution in [2.24, 2.45) is 5.92 Å². The molecule has 2 amide bonds. The molecule has 1 aliphatic rings. The van der Waals surface area contributed by atoms with E-state index in [1.807, 2.05) is 71.6 Å². The van der Waals surface area contributed by atoms with Gasteiger partial charge in [-0.05, 0) is 53.8 Å². The van der Waals surface area contributed by atoms with Crippen LogP contribution in [-0.4, -0.2) is 43.0 Å². The zero-order valence-corrected chi connectivity index (χ0v) is 18.6. The Bertz CT molecular complexity index is 1150. The number of terminal acetylenes is 1. The molecule has 0 unspecified atom stereocenters. The summed E-state index contributed by atoms with van der Waals surface area (Å²) in [5.74, 6) is 3.24. The van der Waals surface area contributed by atoms with Crippen molar-refractivity contribution in [3.05, 3.63) is 77.9 Å². The quantitative estimate of drug-likeness (QED) is 0.564. The van der Waals surface area contributed by atoms with E-state index in [-0.39, 0.29) is 24.3 Å². The summed E-state index contributed by atoms with van der Waals surface area (Å²) >= 11 is 0. The molecule has 3 aromatic carbocycles. The normalized spacial score (nSPS) is 14.0. The summed E-state index contributed by atoms with van der Waals surface area (Å²) in [6, 6.07) is 21.5. The third-order valence-electron chi connectivity index (χ3n) is 6.13. The van der Waals surface area contributed by atoms with E-state index in [2.05, 4.69) is 11.2 Å². The number of rotatable bonds is 7. The van der Waals surface area contributed by atoms with Gasteiger partial charge < -0.3 is 15.0 Å². The number of amides is 2. The van der Waals surface area contributed by atoms with Crippen molar-refractivity contribution in [2.45, 2.75) is 19.3 Å². The van der Waals surface area contributed by atoms with Crippen LogP contribution < -0.4 is 10.1 Å². The van der Waals surface area contributed by atoms with Crippen LogP contribution in [0.25, 0.3) is 10.8 Å². The summed E-state index contributed by atoms with van der Waals surface area (Å²) in [6.07, 6.45) is 7.31. The Balaban J connectivity index is 1.24. The van der Waals surface area contributed by atoms with Gasteiger partial charge in [-0.3, -0.25) is 9.59 Å². The van der Waals surface area contributed by atoms with Crippen LogP contribution >= 0.6 is 0 Å². The standard InChI is InChI=1S/C28H28N2O3/c1-2-20-33-24-12-10-21(11-13-24)14-17-29-27(31)23-15-18-30(19-16-23)28(32)26-9-5-7-22-6-3-4-8-25(22)26/h1,3-13,23H,14-20H2,(H,29,31). The highest BCUT2D eigenvalue weighted by atomic mass is 16.5. The topological polar surface area (TPSA) is 58.6 Å². The van der Waals surface area contributed by atoms with Gasteiger partial charge in [-0.2, -0.15) is 0 Å². The van der Waals surface area contributed by atoms with Crippen LogP contribution in [0.5, 0.6) is 5.75 Å². The average Bonchev–Trinajstić information content (AvgIpc) is 2.87.